The van der Waals surface area contributed by atoms with Gasteiger partial charge in [0.25, 0.3) is 5.91 Å². The van der Waals surface area contributed by atoms with E-state index in [1.807, 2.05) is 6.92 Å². The highest BCUT2D eigenvalue weighted by molar-refractivity contribution is 9.10. The maximum atomic E-state index is 12.2. The third kappa shape index (κ3) is 6.61. The van der Waals surface area contributed by atoms with Crippen molar-refractivity contribution in [2.24, 2.45) is 0 Å². The molecule has 0 radical (unpaired) electrons. The molecule has 148 valence electrons. The minimum atomic E-state index is -0.309. The highest BCUT2D eigenvalue weighted by atomic mass is 79.9. The molecule has 6 nitrogen and oxygen atoms in total. The summed E-state index contributed by atoms with van der Waals surface area (Å²) >= 11 is 8.53. The summed E-state index contributed by atoms with van der Waals surface area (Å²) in [5, 5.41) is 8.57. The van der Waals surface area contributed by atoms with E-state index in [2.05, 4.69) is 31.9 Å². The van der Waals surface area contributed by atoms with E-state index in [0.717, 1.165) is 17.3 Å². The van der Waals surface area contributed by atoms with Gasteiger partial charge in [-0.25, -0.2) is 0 Å². The Bertz CT molecular complexity index is 856. The molecule has 0 heterocycles. The lowest BCUT2D eigenvalue weighted by Crippen LogP contribution is -2.34. The van der Waals surface area contributed by atoms with Gasteiger partial charge in [0, 0.05) is 28.2 Å². The van der Waals surface area contributed by atoms with Gasteiger partial charge in [0.05, 0.1) is 12.8 Å². The average molecular weight is 464 g/mol. The molecule has 2 amide bonds. The average Bonchev–Trinajstić information content (AvgIpc) is 2.67. The van der Waals surface area contributed by atoms with Gasteiger partial charge in [-0.15, -0.1) is 0 Å². The lowest BCUT2D eigenvalue weighted by Gasteiger charge is -2.14. The molecular weight excluding hydrogens is 442 g/mol. The monoisotopic (exact) mass is 463 g/mol. The molecule has 0 spiro atoms. The van der Waals surface area contributed by atoms with Crippen molar-refractivity contribution in [1.82, 2.24) is 5.32 Å². The van der Waals surface area contributed by atoms with Gasteiger partial charge in [0.2, 0.25) is 5.91 Å². The Morgan fingerprint density at radius 3 is 2.46 bits per heavy atom. The molecule has 2 aromatic carbocycles. The molecule has 2 rings (SSSR count). The van der Waals surface area contributed by atoms with Gasteiger partial charge >= 0.3 is 0 Å². The van der Waals surface area contributed by atoms with Crippen LogP contribution < -0.4 is 20.7 Å². The zero-order valence-corrected chi connectivity index (χ0v) is 18.1. The van der Waals surface area contributed by atoms with Crippen LogP contribution >= 0.6 is 28.1 Å². The van der Waals surface area contributed by atoms with E-state index in [4.69, 9.17) is 17.0 Å². The van der Waals surface area contributed by atoms with Crippen molar-refractivity contribution in [3.63, 3.8) is 0 Å². The molecule has 2 aromatic rings. The molecule has 0 saturated heterocycles. The zero-order valence-electron chi connectivity index (χ0n) is 15.7. The number of hydrogen-bond donors (Lipinski definition) is 3. The Hall–Kier alpha value is -2.45. The Balaban J connectivity index is 1.99. The predicted octanol–water partition coefficient (Wildman–Crippen LogP) is 4.71. The van der Waals surface area contributed by atoms with Gasteiger partial charge in [-0.1, -0.05) is 29.3 Å². The second kappa shape index (κ2) is 10.8. The fraction of sp³-hybridized carbons (Fsp3) is 0.250. The fourth-order valence-corrected chi connectivity index (χ4v) is 2.84. The minimum Gasteiger partial charge on any atom is -0.494 e. The standard InChI is InChI=1S/C20H22BrN3O3S/c1-3-4-5-18(25)23-16-11-10-15(12-17(16)27-2)22-20(28)24-19(26)13-6-8-14(21)9-7-13/h6-12H,3-5H2,1-2H3,(H,23,25)(H2,22,24,26,28). The van der Waals surface area contributed by atoms with Crippen LogP contribution in [0.25, 0.3) is 0 Å². The summed E-state index contributed by atoms with van der Waals surface area (Å²) < 4.78 is 6.23. The van der Waals surface area contributed by atoms with Crippen molar-refractivity contribution in [2.75, 3.05) is 17.7 Å². The molecule has 0 aromatic heterocycles. The van der Waals surface area contributed by atoms with E-state index < -0.39 is 0 Å². The molecule has 0 saturated carbocycles. The molecule has 28 heavy (non-hydrogen) atoms. The van der Waals surface area contributed by atoms with Crippen LogP contribution in [0.15, 0.2) is 46.9 Å². The van der Waals surface area contributed by atoms with Crippen molar-refractivity contribution in [1.29, 1.82) is 0 Å². The lowest BCUT2D eigenvalue weighted by atomic mass is 10.2. The number of rotatable bonds is 7. The van der Waals surface area contributed by atoms with E-state index >= 15 is 0 Å². The number of unbranched alkanes of at least 4 members (excludes halogenated alkanes) is 1. The molecule has 0 fully saturated rings. The first-order valence-electron chi connectivity index (χ1n) is 8.78. The van der Waals surface area contributed by atoms with Crippen molar-refractivity contribution < 1.29 is 14.3 Å². The van der Waals surface area contributed by atoms with E-state index in [0.29, 0.717) is 29.1 Å². The largest absolute Gasteiger partial charge is 0.494 e. The maximum absolute atomic E-state index is 12.2. The van der Waals surface area contributed by atoms with E-state index in [9.17, 15) is 9.59 Å². The van der Waals surface area contributed by atoms with Gasteiger partial charge in [-0.2, -0.15) is 0 Å². The number of halogens is 1. The van der Waals surface area contributed by atoms with Crippen LogP contribution in [-0.4, -0.2) is 24.0 Å². The lowest BCUT2D eigenvalue weighted by molar-refractivity contribution is -0.116. The summed E-state index contributed by atoms with van der Waals surface area (Å²) in [4.78, 5) is 24.1. The van der Waals surface area contributed by atoms with E-state index in [1.54, 1.807) is 42.5 Å². The van der Waals surface area contributed by atoms with Crippen LogP contribution in [0.3, 0.4) is 0 Å². The first-order chi connectivity index (χ1) is 13.4. The van der Waals surface area contributed by atoms with Crippen LogP contribution in [0.4, 0.5) is 11.4 Å². The Kier molecular flexibility index (Phi) is 8.41. The van der Waals surface area contributed by atoms with E-state index in [-0.39, 0.29) is 16.9 Å². The Labute approximate surface area is 178 Å². The summed E-state index contributed by atoms with van der Waals surface area (Å²) in [5.74, 6) is 0.131. The predicted molar refractivity (Wildman–Crippen MR) is 119 cm³/mol. The number of amides is 2. The third-order valence-electron chi connectivity index (χ3n) is 3.82. The molecule has 0 bridgehead atoms. The smallest absolute Gasteiger partial charge is 0.257 e. The van der Waals surface area contributed by atoms with Gasteiger partial charge in [0.15, 0.2) is 5.11 Å². The summed E-state index contributed by atoms with van der Waals surface area (Å²) in [6.45, 7) is 2.03. The van der Waals surface area contributed by atoms with Crippen LogP contribution in [0.1, 0.15) is 36.5 Å². The normalized spacial score (nSPS) is 10.1. The molecule has 0 aliphatic rings. The topological polar surface area (TPSA) is 79.5 Å². The summed E-state index contributed by atoms with van der Waals surface area (Å²) in [7, 11) is 1.52. The van der Waals surface area contributed by atoms with Crippen molar-refractivity contribution in [3.05, 3.63) is 52.5 Å². The van der Waals surface area contributed by atoms with Crippen molar-refractivity contribution >= 4 is 56.4 Å². The summed E-state index contributed by atoms with van der Waals surface area (Å²) in [5.41, 5.74) is 1.71. The zero-order chi connectivity index (χ0) is 20.5. The van der Waals surface area contributed by atoms with Gasteiger partial charge < -0.3 is 15.4 Å². The first-order valence-corrected chi connectivity index (χ1v) is 9.99. The summed E-state index contributed by atoms with van der Waals surface area (Å²) in [6, 6.07) is 12.1. The second-order valence-electron chi connectivity index (χ2n) is 5.98. The van der Waals surface area contributed by atoms with Gasteiger partial charge in [0.1, 0.15) is 5.75 Å². The molecule has 0 aliphatic heterocycles. The number of thiocarbonyl (C=S) groups is 1. The molecule has 3 N–H and O–H groups in total. The van der Waals surface area contributed by atoms with Crippen LogP contribution in [-0.2, 0) is 4.79 Å². The molecule has 0 unspecified atom stereocenters. The maximum Gasteiger partial charge on any atom is 0.257 e. The number of methoxy groups -OCH3 is 1. The quantitative estimate of drug-likeness (QED) is 0.517. The van der Waals surface area contributed by atoms with E-state index in [1.165, 1.54) is 7.11 Å². The summed E-state index contributed by atoms with van der Waals surface area (Å²) in [6.07, 6.45) is 2.25. The molecule has 8 heteroatoms. The molecular formula is C20H22BrN3O3S. The molecule has 0 aliphatic carbocycles. The fourth-order valence-electron chi connectivity index (χ4n) is 2.36. The number of ether oxygens (including phenoxy) is 1. The Morgan fingerprint density at radius 1 is 1.11 bits per heavy atom. The van der Waals surface area contributed by atoms with Crippen LogP contribution in [0, 0.1) is 0 Å². The number of anilines is 2. The van der Waals surface area contributed by atoms with Crippen molar-refractivity contribution in [3.8, 4) is 5.75 Å². The number of benzene rings is 2. The first kappa shape index (κ1) is 21.8. The van der Waals surface area contributed by atoms with Gasteiger partial charge in [-0.05, 0) is 55.0 Å². The van der Waals surface area contributed by atoms with Gasteiger partial charge in [-0.3, -0.25) is 14.9 Å². The number of hydrogen-bond acceptors (Lipinski definition) is 4. The Morgan fingerprint density at radius 2 is 1.82 bits per heavy atom. The number of carbonyl (C=O) groups is 2. The van der Waals surface area contributed by atoms with Crippen LogP contribution in [0.5, 0.6) is 5.75 Å². The van der Waals surface area contributed by atoms with Crippen LogP contribution in [0.2, 0.25) is 0 Å². The highest BCUT2D eigenvalue weighted by Gasteiger charge is 2.11. The van der Waals surface area contributed by atoms with Crippen molar-refractivity contribution in [2.45, 2.75) is 26.2 Å². The number of carbonyl (C=O) groups excluding carboxylic acids is 2. The minimum absolute atomic E-state index is 0.0573. The molecule has 0 atom stereocenters. The highest BCUT2D eigenvalue weighted by Crippen LogP contribution is 2.28. The number of nitrogens with one attached hydrogen (secondary N) is 3. The SMILES string of the molecule is CCCCC(=O)Nc1ccc(NC(=S)NC(=O)c2ccc(Br)cc2)cc1OC. The second-order valence-corrected chi connectivity index (χ2v) is 7.31. The third-order valence-corrected chi connectivity index (χ3v) is 4.56.